The molecule has 2 nitrogen and oxygen atoms in total. The Kier molecular flexibility index (Phi) is 3.26. The van der Waals surface area contributed by atoms with Crippen molar-refractivity contribution in [3.05, 3.63) is 29.3 Å². The van der Waals surface area contributed by atoms with Crippen LogP contribution in [0.4, 0.5) is 0 Å². The number of ether oxygens (including phenoxy) is 1. The van der Waals surface area contributed by atoms with Crippen molar-refractivity contribution in [2.24, 2.45) is 0 Å². The first-order valence-corrected chi connectivity index (χ1v) is 5.29. The number of rotatable bonds is 4. The molecule has 78 valence electrons. The summed E-state index contributed by atoms with van der Waals surface area (Å²) in [5.41, 5.74) is 2.63. The van der Waals surface area contributed by atoms with Crippen molar-refractivity contribution in [1.29, 1.82) is 0 Å². The predicted molar refractivity (Wildman–Crippen MR) is 60.8 cm³/mol. The van der Waals surface area contributed by atoms with E-state index in [1.54, 1.807) is 0 Å². The quantitative estimate of drug-likeness (QED) is 0.591. The van der Waals surface area contributed by atoms with Crippen LogP contribution in [0.5, 0.6) is 5.75 Å². The first-order valence-electron chi connectivity index (χ1n) is 5.29. The molecular weight excluding hydrogens is 186 g/mol. The van der Waals surface area contributed by atoms with E-state index in [2.05, 4.69) is 29.4 Å². The van der Waals surface area contributed by atoms with Gasteiger partial charge in [-0.15, -0.1) is 12.3 Å². The van der Waals surface area contributed by atoms with Gasteiger partial charge in [0.15, 0.2) is 0 Å². The third-order valence-corrected chi connectivity index (χ3v) is 2.53. The number of fused-ring (bicyclic) bond motifs is 1. The van der Waals surface area contributed by atoms with Crippen LogP contribution < -0.4 is 10.1 Å². The minimum Gasteiger partial charge on any atom is -0.493 e. The van der Waals surface area contributed by atoms with E-state index in [4.69, 9.17) is 11.2 Å². The van der Waals surface area contributed by atoms with Gasteiger partial charge in [-0.3, -0.25) is 0 Å². The van der Waals surface area contributed by atoms with Gasteiger partial charge in [-0.05, 0) is 17.2 Å². The normalized spacial score (nSPS) is 13.0. The smallest absolute Gasteiger partial charge is 0.122 e. The van der Waals surface area contributed by atoms with Crippen LogP contribution in [0.1, 0.15) is 17.5 Å². The van der Waals surface area contributed by atoms with Crippen molar-refractivity contribution in [3.8, 4) is 18.1 Å². The Morgan fingerprint density at radius 2 is 2.40 bits per heavy atom. The monoisotopic (exact) mass is 201 g/mol. The summed E-state index contributed by atoms with van der Waals surface area (Å²) in [6, 6.07) is 6.37. The standard InChI is InChI=1S/C13H15NO/c1-2-3-7-14-10-11-4-5-13-12(9-11)6-8-15-13/h1,4-5,9,14H,3,6-8,10H2. The highest BCUT2D eigenvalue weighted by Crippen LogP contribution is 2.25. The van der Waals surface area contributed by atoms with Crippen molar-refractivity contribution >= 4 is 0 Å². The van der Waals surface area contributed by atoms with Gasteiger partial charge in [-0.1, -0.05) is 12.1 Å². The van der Waals surface area contributed by atoms with E-state index >= 15 is 0 Å². The molecule has 1 aromatic rings. The Bertz CT molecular complexity index is 379. The molecular formula is C13H15NO. The SMILES string of the molecule is C#CCCNCc1ccc2c(c1)CCO2. The van der Waals surface area contributed by atoms with Crippen molar-refractivity contribution in [3.63, 3.8) is 0 Å². The van der Waals surface area contributed by atoms with Gasteiger partial charge in [0.1, 0.15) is 5.75 Å². The minimum atomic E-state index is 0.786. The van der Waals surface area contributed by atoms with E-state index < -0.39 is 0 Å². The van der Waals surface area contributed by atoms with Gasteiger partial charge in [-0.25, -0.2) is 0 Å². The average Bonchev–Trinajstić information content (AvgIpc) is 2.71. The summed E-state index contributed by atoms with van der Waals surface area (Å²) in [6.45, 7) is 2.59. The molecule has 0 bridgehead atoms. The lowest BCUT2D eigenvalue weighted by Crippen LogP contribution is -2.14. The molecule has 0 saturated carbocycles. The topological polar surface area (TPSA) is 21.3 Å². The van der Waals surface area contributed by atoms with Crippen LogP contribution in [0.2, 0.25) is 0 Å². The molecule has 2 heteroatoms. The van der Waals surface area contributed by atoms with Crippen LogP contribution in [-0.2, 0) is 13.0 Å². The van der Waals surface area contributed by atoms with Gasteiger partial charge < -0.3 is 10.1 Å². The van der Waals surface area contributed by atoms with Crippen LogP contribution in [0.15, 0.2) is 18.2 Å². The zero-order valence-electron chi connectivity index (χ0n) is 8.75. The van der Waals surface area contributed by atoms with E-state index in [9.17, 15) is 0 Å². The zero-order chi connectivity index (χ0) is 10.5. The Morgan fingerprint density at radius 1 is 1.47 bits per heavy atom. The number of nitrogens with one attached hydrogen (secondary N) is 1. The molecule has 15 heavy (non-hydrogen) atoms. The first kappa shape index (κ1) is 10.1. The van der Waals surface area contributed by atoms with Gasteiger partial charge in [-0.2, -0.15) is 0 Å². The predicted octanol–water partition coefficient (Wildman–Crippen LogP) is 1.73. The molecule has 1 aliphatic rings. The molecule has 0 aliphatic carbocycles. The lowest BCUT2D eigenvalue weighted by molar-refractivity contribution is 0.357. The van der Waals surface area contributed by atoms with Crippen LogP contribution in [0, 0.1) is 12.3 Å². The Balaban J connectivity index is 1.90. The summed E-state index contributed by atoms with van der Waals surface area (Å²) in [6.07, 6.45) is 7.00. The lowest BCUT2D eigenvalue weighted by Gasteiger charge is -2.05. The van der Waals surface area contributed by atoms with Crippen molar-refractivity contribution in [1.82, 2.24) is 5.32 Å². The number of hydrogen-bond acceptors (Lipinski definition) is 2. The second-order valence-electron chi connectivity index (χ2n) is 3.67. The van der Waals surface area contributed by atoms with Gasteiger partial charge in [0.05, 0.1) is 6.61 Å². The summed E-state index contributed by atoms with van der Waals surface area (Å²) in [5, 5.41) is 3.31. The highest BCUT2D eigenvalue weighted by atomic mass is 16.5. The molecule has 1 N–H and O–H groups in total. The van der Waals surface area contributed by atoms with E-state index in [1.807, 2.05) is 0 Å². The largest absolute Gasteiger partial charge is 0.493 e. The van der Waals surface area contributed by atoms with E-state index in [0.29, 0.717) is 0 Å². The van der Waals surface area contributed by atoms with Crippen molar-refractivity contribution < 1.29 is 4.74 Å². The molecule has 0 aromatic heterocycles. The van der Waals surface area contributed by atoms with Gasteiger partial charge in [0.2, 0.25) is 0 Å². The third kappa shape index (κ3) is 2.51. The average molecular weight is 201 g/mol. The Hall–Kier alpha value is -1.46. The molecule has 1 aliphatic heterocycles. The minimum absolute atomic E-state index is 0.786. The first-order chi connectivity index (χ1) is 7.40. The Labute approximate surface area is 90.6 Å². The molecule has 0 fully saturated rings. The summed E-state index contributed by atoms with van der Waals surface area (Å²) in [5.74, 6) is 3.66. The summed E-state index contributed by atoms with van der Waals surface area (Å²) >= 11 is 0. The molecule has 0 amide bonds. The number of terminal acetylenes is 1. The Morgan fingerprint density at radius 3 is 3.27 bits per heavy atom. The van der Waals surface area contributed by atoms with Crippen LogP contribution in [0.3, 0.4) is 0 Å². The molecule has 0 saturated heterocycles. The van der Waals surface area contributed by atoms with Crippen LogP contribution >= 0.6 is 0 Å². The van der Waals surface area contributed by atoms with Crippen LogP contribution in [0.25, 0.3) is 0 Å². The highest BCUT2D eigenvalue weighted by Gasteiger charge is 2.11. The fourth-order valence-electron chi connectivity index (χ4n) is 1.74. The van der Waals surface area contributed by atoms with E-state index in [-0.39, 0.29) is 0 Å². The van der Waals surface area contributed by atoms with Gasteiger partial charge >= 0.3 is 0 Å². The molecule has 1 heterocycles. The van der Waals surface area contributed by atoms with E-state index in [0.717, 1.165) is 38.3 Å². The maximum Gasteiger partial charge on any atom is 0.122 e. The zero-order valence-corrected chi connectivity index (χ0v) is 8.75. The summed E-state index contributed by atoms with van der Waals surface area (Å²) in [4.78, 5) is 0. The van der Waals surface area contributed by atoms with Gasteiger partial charge in [0.25, 0.3) is 0 Å². The van der Waals surface area contributed by atoms with Crippen molar-refractivity contribution in [2.45, 2.75) is 19.4 Å². The molecule has 0 atom stereocenters. The molecule has 0 unspecified atom stereocenters. The molecule has 0 radical (unpaired) electrons. The highest BCUT2D eigenvalue weighted by molar-refractivity contribution is 5.39. The molecule has 2 rings (SSSR count). The van der Waals surface area contributed by atoms with E-state index in [1.165, 1.54) is 11.1 Å². The molecule has 0 spiro atoms. The second-order valence-corrected chi connectivity index (χ2v) is 3.67. The third-order valence-electron chi connectivity index (χ3n) is 2.53. The number of hydrogen-bond donors (Lipinski definition) is 1. The summed E-state index contributed by atoms with van der Waals surface area (Å²) < 4.78 is 5.45. The fraction of sp³-hybridized carbons (Fsp3) is 0.385. The second kappa shape index (κ2) is 4.86. The molecule has 1 aromatic carbocycles. The maximum absolute atomic E-state index is 5.45. The number of benzene rings is 1. The van der Waals surface area contributed by atoms with Gasteiger partial charge in [0, 0.05) is 25.9 Å². The fourth-order valence-corrected chi connectivity index (χ4v) is 1.74. The van der Waals surface area contributed by atoms with Crippen LogP contribution in [-0.4, -0.2) is 13.2 Å². The summed E-state index contributed by atoms with van der Waals surface area (Å²) in [7, 11) is 0. The lowest BCUT2D eigenvalue weighted by atomic mass is 10.1. The van der Waals surface area contributed by atoms with Crippen molar-refractivity contribution in [2.75, 3.05) is 13.2 Å². The maximum atomic E-state index is 5.45.